The van der Waals surface area contributed by atoms with E-state index in [2.05, 4.69) is 48.6 Å². The van der Waals surface area contributed by atoms with E-state index in [0.29, 0.717) is 6.04 Å². The smallest absolute Gasteiger partial charge is 0.0446 e. The molecule has 1 N–H and O–H groups in total. The minimum Gasteiger partial charge on any atom is -0.310 e. The van der Waals surface area contributed by atoms with Crippen molar-refractivity contribution in [1.82, 2.24) is 5.32 Å². The fourth-order valence-electron chi connectivity index (χ4n) is 2.11. The van der Waals surface area contributed by atoms with Crippen LogP contribution in [0.25, 0.3) is 0 Å². The van der Waals surface area contributed by atoms with Crippen LogP contribution in [0, 0.1) is 0 Å². The lowest BCUT2D eigenvalue weighted by Gasteiger charge is -2.18. The van der Waals surface area contributed by atoms with Crippen LogP contribution in [0.3, 0.4) is 0 Å². The molecule has 0 fully saturated rings. The maximum atomic E-state index is 6.19. The van der Waals surface area contributed by atoms with Gasteiger partial charge in [0.15, 0.2) is 0 Å². The fraction of sp³-hybridized carbons (Fsp3) is 0.294. The molecule has 20 heavy (non-hydrogen) atoms. The van der Waals surface area contributed by atoms with E-state index in [1.165, 1.54) is 11.1 Å². The number of benzene rings is 2. The first-order chi connectivity index (χ1) is 9.81. The van der Waals surface area contributed by atoms with Crippen LogP contribution in [-0.4, -0.2) is 12.3 Å². The zero-order valence-electron chi connectivity index (χ0n) is 11.7. The molecule has 1 unspecified atom stereocenters. The molecule has 0 saturated carbocycles. The Labute approximate surface area is 130 Å². The van der Waals surface area contributed by atoms with Gasteiger partial charge in [0.05, 0.1) is 0 Å². The van der Waals surface area contributed by atoms with E-state index in [1.807, 2.05) is 30.0 Å². The maximum absolute atomic E-state index is 6.19. The van der Waals surface area contributed by atoms with Crippen molar-refractivity contribution in [3.8, 4) is 0 Å². The first kappa shape index (κ1) is 15.4. The summed E-state index contributed by atoms with van der Waals surface area (Å²) in [6.07, 6.45) is 0. The Balaban J connectivity index is 1.92. The van der Waals surface area contributed by atoms with Crippen molar-refractivity contribution in [3.63, 3.8) is 0 Å². The number of hydrogen-bond acceptors (Lipinski definition) is 2. The van der Waals surface area contributed by atoms with Crippen molar-refractivity contribution in [2.24, 2.45) is 0 Å². The van der Waals surface area contributed by atoms with Gasteiger partial charge in [-0.3, -0.25) is 0 Å². The van der Waals surface area contributed by atoms with Gasteiger partial charge in [-0.15, -0.1) is 0 Å². The molecular formula is C17H20ClNS. The molecule has 1 nitrogen and oxygen atoms in total. The molecule has 3 heteroatoms. The first-order valence-corrected chi connectivity index (χ1v) is 8.44. The summed E-state index contributed by atoms with van der Waals surface area (Å²) < 4.78 is 0. The van der Waals surface area contributed by atoms with Crippen molar-refractivity contribution in [1.29, 1.82) is 0 Å². The minimum absolute atomic E-state index is 0.397. The van der Waals surface area contributed by atoms with Gasteiger partial charge in [0.2, 0.25) is 0 Å². The molecule has 2 aromatic carbocycles. The number of halogens is 1. The van der Waals surface area contributed by atoms with Crippen molar-refractivity contribution in [2.45, 2.75) is 18.7 Å². The van der Waals surface area contributed by atoms with E-state index in [1.54, 1.807) is 0 Å². The van der Waals surface area contributed by atoms with Crippen molar-refractivity contribution in [3.05, 3.63) is 70.7 Å². The summed E-state index contributed by atoms with van der Waals surface area (Å²) in [7, 11) is 0. The summed E-state index contributed by atoms with van der Waals surface area (Å²) in [5, 5.41) is 4.41. The molecule has 2 rings (SSSR count). The minimum atomic E-state index is 0.397. The Bertz CT molecular complexity index is 515. The van der Waals surface area contributed by atoms with Gasteiger partial charge in [0, 0.05) is 22.6 Å². The topological polar surface area (TPSA) is 12.0 Å². The second-order valence-electron chi connectivity index (χ2n) is 4.63. The van der Waals surface area contributed by atoms with E-state index in [9.17, 15) is 0 Å². The Morgan fingerprint density at radius 2 is 1.75 bits per heavy atom. The highest BCUT2D eigenvalue weighted by molar-refractivity contribution is 7.98. The average molecular weight is 306 g/mol. The number of rotatable bonds is 7. The van der Waals surface area contributed by atoms with Crippen LogP contribution in [-0.2, 0) is 5.75 Å². The zero-order valence-corrected chi connectivity index (χ0v) is 13.3. The van der Waals surface area contributed by atoms with Gasteiger partial charge in [0.25, 0.3) is 0 Å². The quantitative estimate of drug-likeness (QED) is 0.779. The van der Waals surface area contributed by atoms with E-state index < -0.39 is 0 Å². The summed E-state index contributed by atoms with van der Waals surface area (Å²) in [6.45, 7) is 3.13. The molecule has 0 bridgehead atoms. The van der Waals surface area contributed by atoms with Crippen molar-refractivity contribution in [2.75, 3.05) is 12.3 Å². The molecule has 1 atom stereocenters. The van der Waals surface area contributed by atoms with E-state index in [4.69, 9.17) is 11.6 Å². The van der Waals surface area contributed by atoms with Gasteiger partial charge >= 0.3 is 0 Å². The SMILES string of the molecule is CCNC(CSCc1ccccc1Cl)c1ccccc1. The molecule has 0 heterocycles. The van der Waals surface area contributed by atoms with Gasteiger partial charge in [-0.25, -0.2) is 0 Å². The van der Waals surface area contributed by atoms with Gasteiger partial charge < -0.3 is 5.32 Å². The van der Waals surface area contributed by atoms with Crippen LogP contribution in [0.15, 0.2) is 54.6 Å². The third-order valence-electron chi connectivity index (χ3n) is 3.15. The maximum Gasteiger partial charge on any atom is 0.0446 e. The second kappa shape index (κ2) is 8.35. The van der Waals surface area contributed by atoms with Crippen LogP contribution in [0.1, 0.15) is 24.1 Å². The average Bonchev–Trinajstić information content (AvgIpc) is 2.49. The Morgan fingerprint density at radius 3 is 2.45 bits per heavy atom. The zero-order chi connectivity index (χ0) is 14.2. The highest BCUT2D eigenvalue weighted by Gasteiger charge is 2.10. The van der Waals surface area contributed by atoms with Gasteiger partial charge in [-0.1, -0.05) is 67.1 Å². The van der Waals surface area contributed by atoms with Gasteiger partial charge in [0.1, 0.15) is 0 Å². The summed E-state index contributed by atoms with van der Waals surface area (Å²) in [5.41, 5.74) is 2.56. The third kappa shape index (κ3) is 4.55. The molecule has 0 amide bonds. The molecule has 0 radical (unpaired) electrons. The molecule has 0 saturated heterocycles. The van der Waals surface area contributed by atoms with E-state index in [0.717, 1.165) is 23.1 Å². The number of thioether (sulfide) groups is 1. The fourth-order valence-corrected chi connectivity index (χ4v) is 3.52. The molecule has 0 aliphatic carbocycles. The lowest BCUT2D eigenvalue weighted by molar-refractivity contribution is 0.606. The van der Waals surface area contributed by atoms with Crippen LogP contribution in [0.5, 0.6) is 0 Å². The van der Waals surface area contributed by atoms with E-state index in [-0.39, 0.29) is 0 Å². The lowest BCUT2D eigenvalue weighted by atomic mass is 10.1. The molecule has 0 aromatic heterocycles. The molecule has 2 aromatic rings. The monoisotopic (exact) mass is 305 g/mol. The number of nitrogens with one attached hydrogen (secondary N) is 1. The molecule has 106 valence electrons. The second-order valence-corrected chi connectivity index (χ2v) is 6.06. The molecule has 0 spiro atoms. The van der Waals surface area contributed by atoms with Crippen molar-refractivity contribution < 1.29 is 0 Å². The largest absolute Gasteiger partial charge is 0.310 e. The molecule has 0 aliphatic rings. The molecule has 0 aliphatic heterocycles. The summed E-state index contributed by atoms with van der Waals surface area (Å²) in [4.78, 5) is 0. The Kier molecular flexibility index (Phi) is 6.44. The predicted molar refractivity (Wildman–Crippen MR) is 90.5 cm³/mol. The summed E-state index contributed by atoms with van der Waals surface area (Å²) in [5.74, 6) is 2.00. The predicted octanol–water partition coefficient (Wildman–Crippen LogP) is 4.92. The van der Waals surface area contributed by atoms with Gasteiger partial charge in [-0.05, 0) is 23.7 Å². The lowest BCUT2D eigenvalue weighted by Crippen LogP contribution is -2.22. The van der Waals surface area contributed by atoms with Gasteiger partial charge in [-0.2, -0.15) is 11.8 Å². The van der Waals surface area contributed by atoms with Crippen molar-refractivity contribution >= 4 is 23.4 Å². The van der Waals surface area contributed by atoms with Crippen LogP contribution >= 0.6 is 23.4 Å². The molecular weight excluding hydrogens is 286 g/mol. The van der Waals surface area contributed by atoms with E-state index >= 15 is 0 Å². The standard InChI is InChI=1S/C17H20ClNS/c1-2-19-17(14-8-4-3-5-9-14)13-20-12-15-10-6-7-11-16(15)18/h3-11,17,19H,2,12-13H2,1H3. The third-order valence-corrected chi connectivity index (χ3v) is 4.61. The van der Waals surface area contributed by atoms with Crippen LogP contribution in [0.4, 0.5) is 0 Å². The Hall–Kier alpha value is -0.960. The highest BCUT2D eigenvalue weighted by Crippen LogP contribution is 2.24. The normalized spacial score (nSPS) is 12.3. The Morgan fingerprint density at radius 1 is 1.05 bits per heavy atom. The number of hydrogen-bond donors (Lipinski definition) is 1. The van der Waals surface area contributed by atoms with Crippen LogP contribution in [0.2, 0.25) is 5.02 Å². The van der Waals surface area contributed by atoms with Crippen LogP contribution < -0.4 is 5.32 Å². The summed E-state index contributed by atoms with van der Waals surface area (Å²) >= 11 is 8.11. The first-order valence-electron chi connectivity index (χ1n) is 6.90. The summed E-state index contributed by atoms with van der Waals surface area (Å²) in [6, 6.07) is 19.1. The highest BCUT2D eigenvalue weighted by atomic mass is 35.5.